The Morgan fingerprint density at radius 1 is 1.18 bits per heavy atom. The van der Waals surface area contributed by atoms with Crippen LogP contribution in [-0.2, 0) is 6.61 Å². The van der Waals surface area contributed by atoms with Crippen LogP contribution in [0.2, 0.25) is 5.02 Å². The lowest BCUT2D eigenvalue weighted by molar-refractivity contribution is 0.306. The maximum atomic E-state index is 13.1. The molecule has 0 atom stereocenters. The number of fused-ring (bicyclic) bond motifs is 1. The van der Waals surface area contributed by atoms with E-state index in [2.05, 4.69) is 0 Å². The molecule has 5 heteroatoms. The lowest BCUT2D eigenvalue weighted by Gasteiger charge is -2.09. The van der Waals surface area contributed by atoms with Crippen molar-refractivity contribution in [2.75, 3.05) is 0 Å². The van der Waals surface area contributed by atoms with Crippen LogP contribution in [0.1, 0.15) is 11.1 Å². The van der Waals surface area contributed by atoms with Crippen molar-refractivity contribution in [2.45, 2.75) is 13.5 Å². The summed E-state index contributed by atoms with van der Waals surface area (Å²) in [5.41, 5.74) is 1.78. The summed E-state index contributed by atoms with van der Waals surface area (Å²) < 4.78 is 23.9. The van der Waals surface area contributed by atoms with E-state index in [9.17, 15) is 9.18 Å². The average molecular weight is 319 g/mol. The van der Waals surface area contributed by atoms with E-state index in [1.165, 1.54) is 24.3 Å². The lowest BCUT2D eigenvalue weighted by Crippen LogP contribution is -2.04. The zero-order valence-corrected chi connectivity index (χ0v) is 12.5. The van der Waals surface area contributed by atoms with Crippen molar-refractivity contribution in [1.29, 1.82) is 0 Å². The first kappa shape index (κ1) is 14.6. The molecular weight excluding hydrogens is 307 g/mol. The molecule has 0 amide bonds. The molecule has 0 fully saturated rings. The molecule has 0 aliphatic rings. The molecule has 0 radical (unpaired) electrons. The van der Waals surface area contributed by atoms with Gasteiger partial charge in [-0.05, 0) is 30.7 Å². The smallest absolute Gasteiger partial charge is 0.336 e. The van der Waals surface area contributed by atoms with Gasteiger partial charge in [0.2, 0.25) is 0 Å². The number of benzene rings is 2. The standard InChI is InChI=1S/C17H12ClFO3/c1-10-2-4-13-11(7-17(20)22-16(13)6-10)9-21-12-3-5-15(19)14(18)8-12/h2-8H,9H2,1H3. The summed E-state index contributed by atoms with van der Waals surface area (Å²) in [6.07, 6.45) is 0. The molecule has 0 saturated carbocycles. The van der Waals surface area contributed by atoms with Crippen molar-refractivity contribution in [2.24, 2.45) is 0 Å². The highest BCUT2D eigenvalue weighted by Crippen LogP contribution is 2.24. The summed E-state index contributed by atoms with van der Waals surface area (Å²) in [6, 6.07) is 11.1. The zero-order valence-electron chi connectivity index (χ0n) is 11.7. The molecule has 3 aromatic rings. The molecule has 1 aromatic heterocycles. The van der Waals surface area contributed by atoms with E-state index in [1.54, 1.807) is 6.07 Å². The van der Waals surface area contributed by atoms with Gasteiger partial charge in [0.15, 0.2) is 0 Å². The normalized spacial score (nSPS) is 10.9. The summed E-state index contributed by atoms with van der Waals surface area (Å²) >= 11 is 5.71. The maximum absolute atomic E-state index is 13.1. The molecule has 22 heavy (non-hydrogen) atoms. The predicted octanol–water partition coefficient (Wildman–Crippen LogP) is 4.47. The summed E-state index contributed by atoms with van der Waals surface area (Å²) in [7, 11) is 0. The summed E-state index contributed by atoms with van der Waals surface area (Å²) in [6.45, 7) is 2.08. The fourth-order valence-corrected chi connectivity index (χ4v) is 2.35. The number of ether oxygens (including phenoxy) is 1. The van der Waals surface area contributed by atoms with Gasteiger partial charge in [0.1, 0.15) is 23.8 Å². The van der Waals surface area contributed by atoms with Crippen LogP contribution in [0.15, 0.2) is 51.7 Å². The summed E-state index contributed by atoms with van der Waals surface area (Å²) in [4.78, 5) is 11.6. The van der Waals surface area contributed by atoms with Gasteiger partial charge < -0.3 is 9.15 Å². The van der Waals surface area contributed by atoms with Gasteiger partial charge in [-0.15, -0.1) is 0 Å². The second-order valence-corrected chi connectivity index (χ2v) is 5.36. The Labute approximate surface area is 130 Å². The van der Waals surface area contributed by atoms with E-state index in [-0.39, 0.29) is 11.6 Å². The van der Waals surface area contributed by atoms with Gasteiger partial charge in [-0.2, -0.15) is 0 Å². The molecule has 0 aliphatic heterocycles. The van der Waals surface area contributed by atoms with Gasteiger partial charge in [0.25, 0.3) is 0 Å². The maximum Gasteiger partial charge on any atom is 0.336 e. The van der Waals surface area contributed by atoms with Crippen LogP contribution < -0.4 is 10.4 Å². The van der Waals surface area contributed by atoms with Crippen LogP contribution in [-0.4, -0.2) is 0 Å². The third-order valence-electron chi connectivity index (χ3n) is 3.27. The molecule has 0 aliphatic carbocycles. The molecule has 3 nitrogen and oxygen atoms in total. The molecule has 2 aromatic carbocycles. The topological polar surface area (TPSA) is 39.4 Å². The zero-order chi connectivity index (χ0) is 15.7. The van der Waals surface area contributed by atoms with E-state index in [0.717, 1.165) is 10.9 Å². The second-order valence-electron chi connectivity index (χ2n) is 4.95. The number of hydrogen-bond donors (Lipinski definition) is 0. The molecule has 3 rings (SSSR count). The van der Waals surface area contributed by atoms with Crippen LogP contribution in [0.5, 0.6) is 5.75 Å². The third kappa shape index (κ3) is 2.97. The van der Waals surface area contributed by atoms with E-state index in [1.807, 2.05) is 19.1 Å². The Morgan fingerprint density at radius 3 is 2.77 bits per heavy atom. The van der Waals surface area contributed by atoms with Crippen molar-refractivity contribution in [1.82, 2.24) is 0 Å². The number of halogens is 2. The Kier molecular flexibility index (Phi) is 3.86. The fourth-order valence-electron chi connectivity index (χ4n) is 2.18. The van der Waals surface area contributed by atoms with Crippen LogP contribution in [0.25, 0.3) is 11.0 Å². The average Bonchev–Trinajstić information content (AvgIpc) is 2.47. The molecule has 0 N–H and O–H groups in total. The van der Waals surface area contributed by atoms with E-state index < -0.39 is 11.4 Å². The van der Waals surface area contributed by atoms with Gasteiger partial charge in [0, 0.05) is 23.1 Å². The lowest BCUT2D eigenvalue weighted by atomic mass is 10.1. The highest BCUT2D eigenvalue weighted by atomic mass is 35.5. The molecular formula is C17H12ClFO3. The highest BCUT2D eigenvalue weighted by molar-refractivity contribution is 6.30. The quantitative estimate of drug-likeness (QED) is 0.669. The van der Waals surface area contributed by atoms with Gasteiger partial charge in [-0.25, -0.2) is 9.18 Å². The first-order valence-corrected chi connectivity index (χ1v) is 7.02. The molecule has 1 heterocycles. The number of rotatable bonds is 3. The van der Waals surface area contributed by atoms with Crippen molar-refractivity contribution in [3.05, 3.63) is 74.9 Å². The minimum atomic E-state index is -0.504. The third-order valence-corrected chi connectivity index (χ3v) is 3.56. The summed E-state index contributed by atoms with van der Waals surface area (Å²) in [5.74, 6) is -0.0739. The van der Waals surface area contributed by atoms with Crippen molar-refractivity contribution >= 4 is 22.6 Å². The minimum absolute atomic E-state index is 0.00874. The van der Waals surface area contributed by atoms with Gasteiger partial charge >= 0.3 is 5.63 Å². The Bertz CT molecular complexity index is 902. The Hall–Kier alpha value is -2.33. The largest absolute Gasteiger partial charge is 0.489 e. The summed E-state index contributed by atoms with van der Waals surface area (Å²) in [5, 5.41) is 0.795. The van der Waals surface area contributed by atoms with Crippen molar-refractivity contribution in [3.8, 4) is 5.75 Å². The molecule has 0 bridgehead atoms. The number of hydrogen-bond acceptors (Lipinski definition) is 3. The van der Waals surface area contributed by atoms with Crippen LogP contribution in [0.3, 0.4) is 0 Å². The first-order chi connectivity index (χ1) is 10.5. The highest BCUT2D eigenvalue weighted by Gasteiger charge is 2.08. The Balaban J connectivity index is 1.93. The Morgan fingerprint density at radius 2 is 2.00 bits per heavy atom. The second kappa shape index (κ2) is 5.81. The predicted molar refractivity (Wildman–Crippen MR) is 83.0 cm³/mol. The SMILES string of the molecule is Cc1ccc2c(COc3ccc(F)c(Cl)c3)cc(=O)oc2c1. The number of aryl methyl sites for hydroxylation is 1. The van der Waals surface area contributed by atoms with E-state index in [0.29, 0.717) is 16.9 Å². The van der Waals surface area contributed by atoms with Gasteiger partial charge in [0.05, 0.1) is 5.02 Å². The molecule has 112 valence electrons. The van der Waals surface area contributed by atoms with Crippen LogP contribution >= 0.6 is 11.6 Å². The molecule has 0 unspecified atom stereocenters. The van der Waals surface area contributed by atoms with Gasteiger partial charge in [-0.3, -0.25) is 0 Å². The molecule has 0 saturated heterocycles. The minimum Gasteiger partial charge on any atom is -0.489 e. The monoisotopic (exact) mass is 318 g/mol. The van der Waals surface area contributed by atoms with Crippen molar-refractivity contribution < 1.29 is 13.5 Å². The van der Waals surface area contributed by atoms with Crippen molar-refractivity contribution in [3.63, 3.8) is 0 Å². The van der Waals surface area contributed by atoms with E-state index >= 15 is 0 Å². The van der Waals surface area contributed by atoms with Crippen LogP contribution in [0, 0.1) is 12.7 Å². The first-order valence-electron chi connectivity index (χ1n) is 6.64. The fraction of sp³-hybridized carbons (Fsp3) is 0.118. The van der Waals surface area contributed by atoms with Crippen LogP contribution in [0.4, 0.5) is 4.39 Å². The van der Waals surface area contributed by atoms with E-state index in [4.69, 9.17) is 20.8 Å². The van der Waals surface area contributed by atoms with Gasteiger partial charge in [-0.1, -0.05) is 23.7 Å². The molecule has 0 spiro atoms.